The minimum atomic E-state index is 0.0146. The topological polar surface area (TPSA) is 53.0 Å². The maximum absolute atomic E-state index is 12.4. The van der Waals surface area contributed by atoms with Crippen molar-refractivity contribution in [2.75, 3.05) is 5.73 Å². The second-order valence-electron chi connectivity index (χ2n) is 7.80. The normalized spacial score (nSPS) is 38.6. The first-order valence-corrected chi connectivity index (χ1v) is 7.99. The molecule has 0 radical (unpaired) electrons. The van der Waals surface area contributed by atoms with Crippen molar-refractivity contribution in [1.29, 1.82) is 0 Å². The van der Waals surface area contributed by atoms with Gasteiger partial charge in [-0.2, -0.15) is 0 Å². The number of nitrogens with two attached hydrogens (primary N) is 1. The Hall–Kier alpha value is -1.19. The molecule has 0 aliphatic heterocycles. The predicted octanol–water partition coefficient (Wildman–Crippen LogP) is 2.29. The standard InChI is InChI=1S/C16H25N3O/c1-10-14(17)15(20)19(18(10)2)9-16-6-11-3-12(7-16)5-13(4-11)8-16/h11-13H,3-9,17H2,1-2H3. The van der Waals surface area contributed by atoms with E-state index in [1.807, 2.05) is 23.3 Å². The number of nitrogen functional groups attached to an aromatic ring is 1. The van der Waals surface area contributed by atoms with E-state index in [0.717, 1.165) is 30.0 Å². The minimum Gasteiger partial charge on any atom is -0.393 e. The lowest BCUT2D eigenvalue weighted by Crippen LogP contribution is -2.49. The summed E-state index contributed by atoms with van der Waals surface area (Å²) < 4.78 is 3.87. The second-order valence-corrected chi connectivity index (χ2v) is 7.80. The third-order valence-corrected chi connectivity index (χ3v) is 6.35. The molecule has 4 heteroatoms. The molecule has 1 heterocycles. The summed E-state index contributed by atoms with van der Waals surface area (Å²) in [6, 6.07) is 0. The molecule has 0 aromatic carbocycles. The molecule has 0 unspecified atom stereocenters. The zero-order valence-electron chi connectivity index (χ0n) is 12.6. The van der Waals surface area contributed by atoms with Gasteiger partial charge >= 0.3 is 0 Å². The molecule has 110 valence electrons. The number of rotatable bonds is 2. The molecule has 4 aliphatic rings. The first-order valence-electron chi connectivity index (χ1n) is 7.99. The fraction of sp³-hybridized carbons (Fsp3) is 0.812. The summed E-state index contributed by atoms with van der Waals surface area (Å²) in [6.07, 6.45) is 8.33. The molecule has 0 saturated heterocycles. The summed E-state index contributed by atoms with van der Waals surface area (Å²) in [5.41, 5.74) is 7.64. The van der Waals surface area contributed by atoms with Crippen LogP contribution in [0.2, 0.25) is 0 Å². The zero-order valence-corrected chi connectivity index (χ0v) is 12.6. The van der Waals surface area contributed by atoms with Crippen molar-refractivity contribution in [2.45, 2.75) is 52.0 Å². The summed E-state index contributed by atoms with van der Waals surface area (Å²) in [6.45, 7) is 2.82. The SMILES string of the molecule is Cc1c(N)c(=O)n(CC23CC4CC(CC(C4)C2)C3)n1C. The van der Waals surface area contributed by atoms with Gasteiger partial charge in [-0.3, -0.25) is 9.48 Å². The van der Waals surface area contributed by atoms with Crippen molar-refractivity contribution in [1.82, 2.24) is 9.36 Å². The van der Waals surface area contributed by atoms with Crippen molar-refractivity contribution >= 4 is 5.69 Å². The Labute approximate surface area is 119 Å². The minimum absolute atomic E-state index is 0.0146. The first kappa shape index (κ1) is 12.5. The Morgan fingerprint density at radius 1 is 1.15 bits per heavy atom. The van der Waals surface area contributed by atoms with Crippen LogP contribution >= 0.6 is 0 Å². The molecular formula is C16H25N3O. The van der Waals surface area contributed by atoms with Gasteiger partial charge in [-0.05, 0) is 68.6 Å². The molecular weight excluding hydrogens is 250 g/mol. The number of hydrogen-bond donors (Lipinski definition) is 1. The molecule has 4 fully saturated rings. The highest BCUT2D eigenvalue weighted by Crippen LogP contribution is 2.60. The van der Waals surface area contributed by atoms with Gasteiger partial charge in [0.15, 0.2) is 0 Å². The second kappa shape index (κ2) is 3.92. The lowest BCUT2D eigenvalue weighted by molar-refractivity contribution is -0.0654. The highest BCUT2D eigenvalue weighted by Gasteiger charge is 2.51. The Morgan fingerprint density at radius 3 is 2.05 bits per heavy atom. The van der Waals surface area contributed by atoms with Crippen LogP contribution < -0.4 is 11.3 Å². The summed E-state index contributed by atoms with van der Waals surface area (Å²) in [7, 11) is 1.97. The van der Waals surface area contributed by atoms with Crippen LogP contribution in [0.25, 0.3) is 0 Å². The summed E-state index contributed by atoms with van der Waals surface area (Å²) in [5, 5.41) is 0. The first-order chi connectivity index (χ1) is 9.47. The fourth-order valence-corrected chi connectivity index (χ4v) is 5.76. The molecule has 4 bridgehead atoms. The van der Waals surface area contributed by atoms with Crippen molar-refractivity contribution < 1.29 is 0 Å². The van der Waals surface area contributed by atoms with Crippen molar-refractivity contribution in [3.8, 4) is 0 Å². The molecule has 20 heavy (non-hydrogen) atoms. The number of aromatic nitrogens is 2. The van der Waals surface area contributed by atoms with Crippen LogP contribution in [0.3, 0.4) is 0 Å². The third kappa shape index (κ3) is 1.63. The predicted molar refractivity (Wildman–Crippen MR) is 79.4 cm³/mol. The molecule has 5 rings (SSSR count). The van der Waals surface area contributed by atoms with Crippen LogP contribution in [-0.4, -0.2) is 9.36 Å². The monoisotopic (exact) mass is 275 g/mol. The number of hydrogen-bond acceptors (Lipinski definition) is 2. The molecule has 0 atom stereocenters. The average molecular weight is 275 g/mol. The van der Waals surface area contributed by atoms with Gasteiger partial charge in [0.1, 0.15) is 5.69 Å². The van der Waals surface area contributed by atoms with Crippen molar-refractivity contribution in [3.05, 3.63) is 16.0 Å². The van der Waals surface area contributed by atoms with E-state index >= 15 is 0 Å². The lowest BCUT2D eigenvalue weighted by atomic mass is 9.49. The van der Waals surface area contributed by atoms with Gasteiger partial charge in [-0.1, -0.05) is 0 Å². The van der Waals surface area contributed by atoms with Gasteiger partial charge < -0.3 is 5.73 Å². The number of nitrogens with zero attached hydrogens (tertiary/aromatic N) is 2. The fourth-order valence-electron chi connectivity index (χ4n) is 5.76. The van der Waals surface area contributed by atoms with E-state index in [-0.39, 0.29) is 5.56 Å². The molecule has 1 aromatic heterocycles. The van der Waals surface area contributed by atoms with E-state index in [1.165, 1.54) is 38.5 Å². The number of anilines is 1. The van der Waals surface area contributed by atoms with Gasteiger partial charge in [0.2, 0.25) is 0 Å². The molecule has 2 N–H and O–H groups in total. The van der Waals surface area contributed by atoms with Gasteiger partial charge in [0.05, 0.1) is 5.69 Å². The molecule has 0 amide bonds. The van der Waals surface area contributed by atoms with Crippen molar-refractivity contribution in [2.24, 2.45) is 30.2 Å². The molecule has 4 aliphatic carbocycles. The highest BCUT2D eigenvalue weighted by atomic mass is 16.1. The molecule has 0 spiro atoms. The smallest absolute Gasteiger partial charge is 0.290 e. The van der Waals surface area contributed by atoms with Crippen molar-refractivity contribution in [3.63, 3.8) is 0 Å². The van der Waals surface area contributed by atoms with E-state index in [2.05, 4.69) is 0 Å². The van der Waals surface area contributed by atoms with Gasteiger partial charge in [-0.15, -0.1) is 0 Å². The molecule has 1 aromatic rings. The van der Waals surface area contributed by atoms with E-state index in [0.29, 0.717) is 11.1 Å². The Bertz CT molecular complexity index is 575. The van der Waals surface area contributed by atoms with E-state index in [9.17, 15) is 4.79 Å². The highest BCUT2D eigenvalue weighted by molar-refractivity contribution is 5.40. The summed E-state index contributed by atoms with van der Waals surface area (Å²) in [4.78, 5) is 12.4. The zero-order chi connectivity index (χ0) is 14.1. The van der Waals surface area contributed by atoms with Gasteiger partial charge in [-0.25, -0.2) is 4.68 Å². The van der Waals surface area contributed by atoms with Crippen LogP contribution in [0.15, 0.2) is 4.79 Å². The van der Waals surface area contributed by atoms with Crippen LogP contribution in [0.5, 0.6) is 0 Å². The third-order valence-electron chi connectivity index (χ3n) is 6.35. The Kier molecular flexibility index (Phi) is 2.46. The Morgan fingerprint density at radius 2 is 1.65 bits per heavy atom. The summed E-state index contributed by atoms with van der Waals surface area (Å²) in [5.74, 6) is 2.78. The maximum Gasteiger partial charge on any atom is 0.290 e. The van der Waals surface area contributed by atoms with E-state index in [4.69, 9.17) is 5.73 Å². The van der Waals surface area contributed by atoms with Crippen LogP contribution in [0.4, 0.5) is 5.69 Å². The molecule has 4 saturated carbocycles. The van der Waals surface area contributed by atoms with E-state index in [1.54, 1.807) is 0 Å². The summed E-state index contributed by atoms with van der Waals surface area (Å²) >= 11 is 0. The van der Waals surface area contributed by atoms with Gasteiger partial charge in [0, 0.05) is 13.6 Å². The molecule has 4 nitrogen and oxygen atoms in total. The van der Waals surface area contributed by atoms with Crippen LogP contribution in [-0.2, 0) is 13.6 Å². The quantitative estimate of drug-likeness (QED) is 0.900. The largest absolute Gasteiger partial charge is 0.393 e. The average Bonchev–Trinajstić information content (AvgIpc) is 2.55. The Balaban J connectivity index is 1.70. The van der Waals surface area contributed by atoms with Gasteiger partial charge in [0.25, 0.3) is 5.56 Å². The van der Waals surface area contributed by atoms with Crippen LogP contribution in [0.1, 0.15) is 44.2 Å². The lowest BCUT2D eigenvalue weighted by Gasteiger charge is -2.56. The van der Waals surface area contributed by atoms with Crippen LogP contribution in [0, 0.1) is 30.1 Å². The maximum atomic E-state index is 12.4. The van der Waals surface area contributed by atoms with E-state index < -0.39 is 0 Å².